The van der Waals surface area contributed by atoms with Crippen molar-refractivity contribution in [1.29, 1.82) is 0 Å². The highest BCUT2D eigenvalue weighted by atomic mass is 35.5. The third-order valence-corrected chi connectivity index (χ3v) is 2.89. The van der Waals surface area contributed by atoms with Crippen molar-refractivity contribution in [3.63, 3.8) is 0 Å². The highest BCUT2D eigenvalue weighted by Gasteiger charge is 2.16. The van der Waals surface area contributed by atoms with Gasteiger partial charge in [0.25, 0.3) is 0 Å². The summed E-state index contributed by atoms with van der Waals surface area (Å²) in [6, 6.07) is 6.11. The Labute approximate surface area is 101 Å². The molecular formula is C12H16ClNO2. The second-order valence-corrected chi connectivity index (χ2v) is 4.11. The number of nitrogens with one attached hydrogen (secondary N) is 1. The number of benzene rings is 1. The third kappa shape index (κ3) is 2.67. The lowest BCUT2D eigenvalue weighted by atomic mass is 10.1. The van der Waals surface area contributed by atoms with Crippen molar-refractivity contribution in [3.05, 3.63) is 28.8 Å². The fraction of sp³-hybridized carbons (Fsp3) is 0.500. The van der Waals surface area contributed by atoms with E-state index in [0.717, 1.165) is 24.5 Å². The van der Waals surface area contributed by atoms with Gasteiger partial charge in [-0.15, -0.1) is 0 Å². The Balaban J connectivity index is 2.17. The molecule has 1 aromatic rings. The van der Waals surface area contributed by atoms with Gasteiger partial charge in [0.15, 0.2) is 0 Å². The van der Waals surface area contributed by atoms with Gasteiger partial charge in [0, 0.05) is 6.54 Å². The van der Waals surface area contributed by atoms with Gasteiger partial charge in [-0.2, -0.15) is 0 Å². The zero-order chi connectivity index (χ0) is 11.4. The highest BCUT2D eigenvalue weighted by molar-refractivity contribution is 6.32. The van der Waals surface area contributed by atoms with Crippen molar-refractivity contribution in [2.45, 2.75) is 13.0 Å². The zero-order valence-corrected chi connectivity index (χ0v) is 10.1. The monoisotopic (exact) mass is 241 g/mol. The largest absolute Gasteiger partial charge is 0.492 e. The summed E-state index contributed by atoms with van der Waals surface area (Å²) in [6.07, 6.45) is 0. The fourth-order valence-electron chi connectivity index (χ4n) is 1.78. The van der Waals surface area contributed by atoms with Gasteiger partial charge in [-0.05, 0) is 24.6 Å². The van der Waals surface area contributed by atoms with Gasteiger partial charge in [-0.25, -0.2) is 0 Å². The molecule has 16 heavy (non-hydrogen) atoms. The van der Waals surface area contributed by atoms with Crippen LogP contribution < -0.4 is 10.1 Å². The number of halogens is 1. The molecule has 1 atom stereocenters. The molecule has 1 saturated heterocycles. The smallest absolute Gasteiger partial charge is 0.138 e. The maximum absolute atomic E-state index is 6.04. The summed E-state index contributed by atoms with van der Waals surface area (Å²) in [6.45, 7) is 4.94. The maximum atomic E-state index is 6.04. The van der Waals surface area contributed by atoms with Crippen LogP contribution in [0.4, 0.5) is 0 Å². The van der Waals surface area contributed by atoms with Crippen molar-refractivity contribution in [3.8, 4) is 5.75 Å². The maximum Gasteiger partial charge on any atom is 0.138 e. The highest BCUT2D eigenvalue weighted by Crippen LogP contribution is 2.28. The minimum Gasteiger partial charge on any atom is -0.492 e. The molecule has 0 radical (unpaired) electrons. The first-order chi connectivity index (χ1) is 7.81. The number of rotatable bonds is 3. The summed E-state index contributed by atoms with van der Waals surface area (Å²) in [5.74, 6) is 0.744. The molecule has 0 bridgehead atoms. The van der Waals surface area contributed by atoms with Crippen LogP contribution in [0.5, 0.6) is 5.75 Å². The number of hydrogen-bond donors (Lipinski definition) is 1. The normalized spacial score (nSPS) is 20.8. The molecule has 1 aromatic carbocycles. The lowest BCUT2D eigenvalue weighted by molar-refractivity contribution is 0.0768. The van der Waals surface area contributed by atoms with Crippen molar-refractivity contribution < 1.29 is 9.47 Å². The Morgan fingerprint density at radius 2 is 2.44 bits per heavy atom. The summed E-state index contributed by atoms with van der Waals surface area (Å²) in [4.78, 5) is 0. The van der Waals surface area contributed by atoms with Crippen LogP contribution in [0.1, 0.15) is 18.5 Å². The Hall–Kier alpha value is -0.770. The first kappa shape index (κ1) is 11.7. The Kier molecular flexibility index (Phi) is 4.04. The molecule has 0 aliphatic carbocycles. The second-order valence-electron chi connectivity index (χ2n) is 3.70. The van der Waals surface area contributed by atoms with E-state index >= 15 is 0 Å². The molecule has 0 saturated carbocycles. The van der Waals surface area contributed by atoms with Gasteiger partial charge in [-0.1, -0.05) is 17.7 Å². The van der Waals surface area contributed by atoms with Gasteiger partial charge >= 0.3 is 0 Å². The number of ether oxygens (including phenoxy) is 2. The van der Waals surface area contributed by atoms with Crippen LogP contribution >= 0.6 is 11.6 Å². The first-order valence-corrected chi connectivity index (χ1v) is 5.92. The lowest BCUT2D eigenvalue weighted by Crippen LogP contribution is -2.34. The minimum atomic E-state index is 0.241. The van der Waals surface area contributed by atoms with Crippen LogP contribution in [0, 0.1) is 0 Å². The molecule has 2 rings (SSSR count). The van der Waals surface area contributed by atoms with Crippen LogP contribution in [0.2, 0.25) is 5.02 Å². The average molecular weight is 242 g/mol. The molecule has 0 spiro atoms. The van der Waals surface area contributed by atoms with E-state index in [9.17, 15) is 0 Å². The molecule has 1 aliphatic rings. The van der Waals surface area contributed by atoms with Gasteiger partial charge < -0.3 is 14.8 Å². The standard InChI is InChI=1S/C12H16ClNO2/c1-2-16-12-7-9(3-4-10(12)13)11-8-15-6-5-14-11/h3-4,7,11,14H,2,5-6,8H2,1H3. The molecule has 4 heteroatoms. The van der Waals surface area contributed by atoms with Crippen molar-refractivity contribution in [2.24, 2.45) is 0 Å². The van der Waals surface area contributed by atoms with Gasteiger partial charge in [-0.3, -0.25) is 0 Å². The minimum absolute atomic E-state index is 0.241. The molecule has 88 valence electrons. The number of morpholine rings is 1. The lowest BCUT2D eigenvalue weighted by Gasteiger charge is -2.24. The average Bonchev–Trinajstić information content (AvgIpc) is 2.33. The second kappa shape index (κ2) is 5.53. The SMILES string of the molecule is CCOc1cc(C2COCCN2)ccc1Cl. The van der Waals surface area contributed by atoms with E-state index in [1.54, 1.807) is 0 Å². The van der Waals surface area contributed by atoms with Crippen LogP contribution in [-0.2, 0) is 4.74 Å². The van der Waals surface area contributed by atoms with E-state index in [1.807, 2.05) is 25.1 Å². The molecule has 0 aromatic heterocycles. The van der Waals surface area contributed by atoms with Crippen LogP contribution in [0.25, 0.3) is 0 Å². The molecule has 1 unspecified atom stereocenters. The zero-order valence-electron chi connectivity index (χ0n) is 9.33. The summed E-state index contributed by atoms with van der Waals surface area (Å²) < 4.78 is 10.9. The molecular weight excluding hydrogens is 226 g/mol. The van der Waals surface area contributed by atoms with Gasteiger partial charge in [0.2, 0.25) is 0 Å². The summed E-state index contributed by atoms with van der Waals surface area (Å²) >= 11 is 6.04. The van der Waals surface area contributed by atoms with Crippen molar-refractivity contribution >= 4 is 11.6 Å². The predicted octanol–water partition coefficient (Wildman–Crippen LogP) is 2.40. The van der Waals surface area contributed by atoms with E-state index < -0.39 is 0 Å². The van der Waals surface area contributed by atoms with E-state index in [4.69, 9.17) is 21.1 Å². The summed E-state index contributed by atoms with van der Waals surface area (Å²) in [7, 11) is 0. The van der Waals surface area contributed by atoms with E-state index in [1.165, 1.54) is 0 Å². The van der Waals surface area contributed by atoms with E-state index in [2.05, 4.69) is 5.32 Å². The quantitative estimate of drug-likeness (QED) is 0.882. The van der Waals surface area contributed by atoms with Crippen molar-refractivity contribution in [1.82, 2.24) is 5.32 Å². The van der Waals surface area contributed by atoms with Gasteiger partial charge in [0.1, 0.15) is 5.75 Å². The number of hydrogen-bond acceptors (Lipinski definition) is 3. The van der Waals surface area contributed by atoms with E-state index in [-0.39, 0.29) is 6.04 Å². The van der Waals surface area contributed by atoms with Crippen LogP contribution in [-0.4, -0.2) is 26.4 Å². The predicted molar refractivity (Wildman–Crippen MR) is 64.2 cm³/mol. The Morgan fingerprint density at radius 3 is 3.12 bits per heavy atom. The first-order valence-electron chi connectivity index (χ1n) is 5.54. The molecule has 1 N–H and O–H groups in total. The van der Waals surface area contributed by atoms with Crippen LogP contribution in [0.3, 0.4) is 0 Å². The summed E-state index contributed by atoms with van der Waals surface area (Å²) in [5.41, 5.74) is 1.16. The Bertz CT molecular complexity index is 351. The van der Waals surface area contributed by atoms with Crippen molar-refractivity contribution in [2.75, 3.05) is 26.4 Å². The topological polar surface area (TPSA) is 30.5 Å². The third-order valence-electron chi connectivity index (χ3n) is 2.58. The van der Waals surface area contributed by atoms with Crippen LogP contribution in [0.15, 0.2) is 18.2 Å². The van der Waals surface area contributed by atoms with E-state index in [0.29, 0.717) is 18.2 Å². The summed E-state index contributed by atoms with van der Waals surface area (Å²) in [5, 5.41) is 4.06. The molecule has 3 nitrogen and oxygen atoms in total. The molecule has 1 heterocycles. The fourth-order valence-corrected chi connectivity index (χ4v) is 1.95. The Morgan fingerprint density at radius 1 is 1.56 bits per heavy atom. The molecule has 1 fully saturated rings. The van der Waals surface area contributed by atoms with Gasteiger partial charge in [0.05, 0.1) is 30.9 Å². The molecule has 0 amide bonds. The molecule has 1 aliphatic heterocycles.